The summed E-state index contributed by atoms with van der Waals surface area (Å²) in [5.41, 5.74) is 0.703. The van der Waals surface area contributed by atoms with Crippen molar-refractivity contribution in [3.05, 3.63) is 46.7 Å². The molecule has 5 nitrogen and oxygen atoms in total. The number of carboxylic acid groups (broad SMARTS) is 1. The molecule has 0 spiro atoms. The summed E-state index contributed by atoms with van der Waals surface area (Å²) >= 11 is 6.01. The van der Waals surface area contributed by atoms with E-state index in [1.54, 1.807) is 16.8 Å². The lowest BCUT2D eigenvalue weighted by Gasteiger charge is -2.12. The molecular weight excluding hydrogens is 280 g/mol. The van der Waals surface area contributed by atoms with Crippen LogP contribution in [0.15, 0.2) is 30.3 Å². The third kappa shape index (κ3) is 3.11. The van der Waals surface area contributed by atoms with E-state index in [9.17, 15) is 4.79 Å². The van der Waals surface area contributed by atoms with Crippen LogP contribution in [0.3, 0.4) is 0 Å². The fourth-order valence-corrected chi connectivity index (χ4v) is 2.00. The highest BCUT2D eigenvalue weighted by atomic mass is 35.5. The number of aromatic nitrogens is 2. The summed E-state index contributed by atoms with van der Waals surface area (Å²) in [7, 11) is 0. The van der Waals surface area contributed by atoms with Crippen molar-refractivity contribution in [2.45, 2.75) is 26.5 Å². The Bertz CT molecular complexity index is 623. The van der Waals surface area contributed by atoms with Crippen molar-refractivity contribution in [1.82, 2.24) is 9.78 Å². The minimum atomic E-state index is -1.05. The molecule has 6 heteroatoms. The molecule has 1 heterocycles. The zero-order valence-electron chi connectivity index (χ0n) is 11.2. The number of benzene rings is 1. The maximum absolute atomic E-state index is 11.0. The Kier molecular flexibility index (Phi) is 4.29. The largest absolute Gasteiger partial charge is 0.486 e. The average Bonchev–Trinajstić information content (AvgIpc) is 2.82. The lowest BCUT2D eigenvalue weighted by atomic mass is 10.3. The van der Waals surface area contributed by atoms with Crippen LogP contribution in [-0.4, -0.2) is 20.9 Å². The summed E-state index contributed by atoms with van der Waals surface area (Å²) in [6.07, 6.45) is 0. The van der Waals surface area contributed by atoms with E-state index in [0.29, 0.717) is 16.5 Å². The summed E-state index contributed by atoms with van der Waals surface area (Å²) in [4.78, 5) is 11.0. The van der Waals surface area contributed by atoms with Gasteiger partial charge in [-0.15, -0.1) is 0 Å². The second-order valence-corrected chi connectivity index (χ2v) is 4.99. The first kappa shape index (κ1) is 14.4. The summed E-state index contributed by atoms with van der Waals surface area (Å²) in [6, 6.07) is 8.70. The zero-order chi connectivity index (χ0) is 14.7. The molecule has 0 amide bonds. The van der Waals surface area contributed by atoms with Gasteiger partial charge >= 0.3 is 5.97 Å². The first-order valence-electron chi connectivity index (χ1n) is 6.18. The number of rotatable bonds is 5. The molecule has 0 aliphatic rings. The van der Waals surface area contributed by atoms with Crippen LogP contribution in [0.1, 0.15) is 36.1 Å². The van der Waals surface area contributed by atoms with E-state index in [-0.39, 0.29) is 18.3 Å². The van der Waals surface area contributed by atoms with Crippen LogP contribution in [0.2, 0.25) is 5.02 Å². The second kappa shape index (κ2) is 5.96. The maximum Gasteiger partial charge on any atom is 0.356 e. The van der Waals surface area contributed by atoms with Crippen molar-refractivity contribution < 1.29 is 14.6 Å². The highest BCUT2D eigenvalue weighted by Crippen LogP contribution is 2.24. The van der Waals surface area contributed by atoms with Gasteiger partial charge in [-0.25, -0.2) is 4.79 Å². The van der Waals surface area contributed by atoms with E-state index in [0.717, 1.165) is 0 Å². The molecule has 20 heavy (non-hydrogen) atoms. The van der Waals surface area contributed by atoms with Crippen molar-refractivity contribution in [2.75, 3.05) is 0 Å². The molecule has 2 aromatic rings. The van der Waals surface area contributed by atoms with Gasteiger partial charge in [-0.3, -0.25) is 4.68 Å². The molecule has 0 atom stereocenters. The lowest BCUT2D eigenvalue weighted by Crippen LogP contribution is -2.10. The summed E-state index contributed by atoms with van der Waals surface area (Å²) < 4.78 is 7.26. The van der Waals surface area contributed by atoms with Gasteiger partial charge in [0.2, 0.25) is 0 Å². The predicted octanol–water partition coefficient (Wildman–Crippen LogP) is 3.39. The Balaban J connectivity index is 2.20. The SMILES string of the molecule is CC(C)n1nc(C(=O)O)cc1COc1ccccc1Cl. The van der Waals surface area contributed by atoms with Crippen LogP contribution in [0.25, 0.3) is 0 Å². The van der Waals surface area contributed by atoms with Gasteiger partial charge in [0.1, 0.15) is 12.4 Å². The van der Waals surface area contributed by atoms with Gasteiger partial charge in [-0.2, -0.15) is 5.10 Å². The molecule has 0 unspecified atom stereocenters. The molecule has 1 aromatic heterocycles. The Morgan fingerprint density at radius 1 is 1.45 bits per heavy atom. The number of hydrogen-bond acceptors (Lipinski definition) is 3. The number of para-hydroxylation sites is 1. The summed E-state index contributed by atoms with van der Waals surface area (Å²) in [6.45, 7) is 4.07. The van der Waals surface area contributed by atoms with Gasteiger partial charge < -0.3 is 9.84 Å². The van der Waals surface area contributed by atoms with Gasteiger partial charge in [0.25, 0.3) is 0 Å². The summed E-state index contributed by atoms with van der Waals surface area (Å²) in [5.74, 6) is -0.494. The molecule has 1 aromatic carbocycles. The van der Waals surface area contributed by atoms with Crippen LogP contribution in [0.4, 0.5) is 0 Å². The highest BCUT2D eigenvalue weighted by Gasteiger charge is 2.15. The first-order chi connectivity index (χ1) is 9.49. The molecule has 0 aliphatic heterocycles. The van der Waals surface area contributed by atoms with E-state index in [1.165, 1.54) is 6.07 Å². The number of carbonyl (C=O) groups is 1. The number of nitrogens with zero attached hydrogens (tertiary/aromatic N) is 2. The number of halogens is 1. The van der Waals surface area contributed by atoms with Crippen LogP contribution >= 0.6 is 11.6 Å². The van der Waals surface area contributed by atoms with Gasteiger partial charge in [-0.05, 0) is 32.0 Å². The normalized spacial score (nSPS) is 10.8. The van der Waals surface area contributed by atoms with Gasteiger partial charge in [0.15, 0.2) is 5.69 Å². The molecular formula is C14H15ClN2O3. The van der Waals surface area contributed by atoms with E-state index in [1.807, 2.05) is 26.0 Å². The first-order valence-corrected chi connectivity index (χ1v) is 6.56. The number of ether oxygens (including phenoxy) is 1. The minimum absolute atomic E-state index is 0.0106. The van der Waals surface area contributed by atoms with Gasteiger partial charge in [-0.1, -0.05) is 23.7 Å². The molecule has 106 valence electrons. The van der Waals surface area contributed by atoms with E-state index < -0.39 is 5.97 Å². The number of carboxylic acids is 1. The smallest absolute Gasteiger partial charge is 0.356 e. The van der Waals surface area contributed by atoms with E-state index in [2.05, 4.69) is 5.10 Å². The molecule has 2 rings (SSSR count). The Morgan fingerprint density at radius 2 is 2.15 bits per heavy atom. The lowest BCUT2D eigenvalue weighted by molar-refractivity contribution is 0.0689. The third-order valence-electron chi connectivity index (χ3n) is 2.73. The predicted molar refractivity (Wildman–Crippen MR) is 75.4 cm³/mol. The molecule has 0 saturated heterocycles. The number of aromatic carboxylic acids is 1. The third-order valence-corrected chi connectivity index (χ3v) is 3.05. The van der Waals surface area contributed by atoms with Crippen LogP contribution in [-0.2, 0) is 6.61 Å². The molecule has 0 fully saturated rings. The van der Waals surface area contributed by atoms with Crippen LogP contribution in [0, 0.1) is 0 Å². The Morgan fingerprint density at radius 3 is 2.75 bits per heavy atom. The fourth-order valence-electron chi connectivity index (χ4n) is 1.81. The molecule has 0 saturated carbocycles. The van der Waals surface area contributed by atoms with E-state index >= 15 is 0 Å². The summed E-state index contributed by atoms with van der Waals surface area (Å²) in [5, 5.41) is 13.6. The van der Waals surface area contributed by atoms with Crippen LogP contribution < -0.4 is 4.74 Å². The fraction of sp³-hybridized carbons (Fsp3) is 0.286. The van der Waals surface area contributed by atoms with Crippen LogP contribution in [0.5, 0.6) is 5.75 Å². The molecule has 0 bridgehead atoms. The van der Waals surface area contributed by atoms with Crippen molar-refractivity contribution >= 4 is 17.6 Å². The number of hydrogen-bond donors (Lipinski definition) is 1. The highest BCUT2D eigenvalue weighted by molar-refractivity contribution is 6.32. The quantitative estimate of drug-likeness (QED) is 0.918. The standard InChI is InChI=1S/C14H15ClN2O3/c1-9(2)17-10(7-12(16-17)14(18)19)8-20-13-6-4-3-5-11(13)15/h3-7,9H,8H2,1-2H3,(H,18,19). The zero-order valence-corrected chi connectivity index (χ0v) is 12.0. The van der Waals surface area contributed by atoms with Gasteiger partial charge in [0.05, 0.1) is 10.7 Å². The topological polar surface area (TPSA) is 64.4 Å². The average molecular weight is 295 g/mol. The van der Waals surface area contributed by atoms with Crippen molar-refractivity contribution in [3.8, 4) is 5.75 Å². The molecule has 1 N–H and O–H groups in total. The van der Waals surface area contributed by atoms with Crippen molar-refractivity contribution in [2.24, 2.45) is 0 Å². The van der Waals surface area contributed by atoms with Crippen molar-refractivity contribution in [1.29, 1.82) is 0 Å². The Labute approximate surface area is 121 Å². The minimum Gasteiger partial charge on any atom is -0.486 e. The monoisotopic (exact) mass is 294 g/mol. The van der Waals surface area contributed by atoms with E-state index in [4.69, 9.17) is 21.4 Å². The molecule has 0 aliphatic carbocycles. The second-order valence-electron chi connectivity index (χ2n) is 4.58. The molecule has 0 radical (unpaired) electrons. The Hall–Kier alpha value is -2.01. The van der Waals surface area contributed by atoms with Crippen molar-refractivity contribution in [3.63, 3.8) is 0 Å². The maximum atomic E-state index is 11.0. The van der Waals surface area contributed by atoms with Gasteiger partial charge in [0, 0.05) is 6.04 Å².